The number of ether oxygens (including phenoxy) is 1. The van der Waals surface area contributed by atoms with Gasteiger partial charge in [0.25, 0.3) is 0 Å². The minimum atomic E-state index is -4.34. The van der Waals surface area contributed by atoms with Crippen molar-refractivity contribution < 1.29 is 22.7 Å². The van der Waals surface area contributed by atoms with Crippen molar-refractivity contribution in [1.82, 2.24) is 4.90 Å². The van der Waals surface area contributed by atoms with Crippen LogP contribution in [0.4, 0.5) is 13.2 Å². The van der Waals surface area contributed by atoms with Crippen LogP contribution in [0.25, 0.3) is 0 Å². The van der Waals surface area contributed by atoms with E-state index >= 15 is 0 Å². The maximum absolute atomic E-state index is 13.2. The largest absolute Gasteiger partial charge is 0.466 e. The molecule has 0 unspecified atom stereocenters. The molecule has 2 saturated carbocycles. The van der Waals surface area contributed by atoms with Crippen LogP contribution in [0.2, 0.25) is 0 Å². The van der Waals surface area contributed by atoms with Crippen LogP contribution in [-0.4, -0.2) is 30.1 Å². The maximum Gasteiger partial charge on any atom is 0.416 e. The lowest BCUT2D eigenvalue weighted by molar-refractivity contribution is -0.144. The molecular weight excluding hydrogens is 439 g/mol. The topological polar surface area (TPSA) is 29.5 Å². The fraction of sp³-hybridized carbons (Fsp3) is 0.536. The maximum atomic E-state index is 13.2. The number of hydrogen-bond donors (Lipinski definition) is 0. The zero-order valence-corrected chi connectivity index (χ0v) is 19.8. The average Bonchev–Trinajstić information content (AvgIpc) is 3.63. The molecule has 2 fully saturated rings. The third-order valence-corrected chi connectivity index (χ3v) is 7.24. The number of nitrogens with zero attached hydrogens (tertiary/aromatic N) is 1. The second-order valence-electron chi connectivity index (χ2n) is 9.84. The van der Waals surface area contributed by atoms with Crippen LogP contribution in [0.3, 0.4) is 0 Å². The number of carbonyl (C=O) groups is 1. The van der Waals surface area contributed by atoms with Gasteiger partial charge < -0.3 is 4.74 Å². The molecule has 0 saturated heterocycles. The first kappa shape index (κ1) is 24.8. The number of alkyl halides is 3. The predicted molar refractivity (Wildman–Crippen MR) is 126 cm³/mol. The number of esters is 1. The molecule has 2 aromatic carbocycles. The molecule has 3 atom stereocenters. The van der Waals surface area contributed by atoms with Crippen LogP contribution in [0.1, 0.15) is 68.1 Å². The minimum Gasteiger partial charge on any atom is -0.466 e. The average molecular weight is 474 g/mol. The molecule has 0 radical (unpaired) electrons. The van der Waals surface area contributed by atoms with E-state index in [9.17, 15) is 18.0 Å². The molecule has 34 heavy (non-hydrogen) atoms. The number of rotatable bonds is 9. The predicted octanol–water partition coefficient (Wildman–Crippen LogP) is 6.82. The zero-order chi connectivity index (χ0) is 24.1. The summed E-state index contributed by atoms with van der Waals surface area (Å²) in [7, 11) is 0. The van der Waals surface area contributed by atoms with Crippen LogP contribution in [0, 0.1) is 11.8 Å². The van der Waals surface area contributed by atoms with Crippen molar-refractivity contribution in [3.8, 4) is 0 Å². The molecule has 2 aliphatic carbocycles. The van der Waals surface area contributed by atoms with Gasteiger partial charge in [0.15, 0.2) is 0 Å². The van der Waals surface area contributed by atoms with E-state index in [-0.39, 0.29) is 23.8 Å². The molecule has 0 spiro atoms. The lowest BCUT2D eigenvalue weighted by atomic mass is 9.72. The molecule has 3 nitrogen and oxygen atoms in total. The van der Waals surface area contributed by atoms with Gasteiger partial charge in [0, 0.05) is 25.6 Å². The molecule has 0 aliphatic heterocycles. The number of carbonyl (C=O) groups excluding carboxylic acids is 1. The van der Waals surface area contributed by atoms with E-state index in [2.05, 4.69) is 17.0 Å². The second kappa shape index (κ2) is 10.9. The van der Waals surface area contributed by atoms with Gasteiger partial charge in [-0.3, -0.25) is 9.69 Å². The van der Waals surface area contributed by atoms with Crippen molar-refractivity contribution in [2.45, 2.75) is 70.1 Å². The van der Waals surface area contributed by atoms with Crippen molar-refractivity contribution >= 4 is 5.97 Å². The number of halogens is 3. The highest BCUT2D eigenvalue weighted by atomic mass is 19.4. The summed E-state index contributed by atoms with van der Waals surface area (Å²) in [6.07, 6.45) is 1.15. The first-order valence-corrected chi connectivity index (χ1v) is 12.4. The van der Waals surface area contributed by atoms with Gasteiger partial charge >= 0.3 is 12.1 Å². The van der Waals surface area contributed by atoms with Crippen LogP contribution < -0.4 is 0 Å². The molecule has 0 heterocycles. The van der Waals surface area contributed by atoms with E-state index in [0.717, 1.165) is 37.9 Å². The normalized spacial score (nSPS) is 23.1. The molecule has 2 aliphatic rings. The molecule has 0 bridgehead atoms. The highest BCUT2D eigenvalue weighted by Gasteiger charge is 2.38. The Hall–Kier alpha value is -2.34. The number of hydrogen-bond acceptors (Lipinski definition) is 3. The first-order chi connectivity index (χ1) is 16.3. The van der Waals surface area contributed by atoms with Crippen molar-refractivity contribution in [2.75, 3.05) is 13.2 Å². The summed E-state index contributed by atoms with van der Waals surface area (Å²) < 4.78 is 44.7. The quantitative estimate of drug-likeness (QED) is 0.374. The Kier molecular flexibility index (Phi) is 7.97. The van der Waals surface area contributed by atoms with E-state index in [1.165, 1.54) is 30.5 Å². The van der Waals surface area contributed by atoms with Gasteiger partial charge in [-0.2, -0.15) is 13.2 Å². The van der Waals surface area contributed by atoms with Gasteiger partial charge in [-0.25, -0.2) is 0 Å². The molecule has 0 amide bonds. The molecule has 0 aromatic heterocycles. The lowest BCUT2D eigenvalue weighted by Crippen LogP contribution is -2.44. The standard InChI is InChI=1S/C28H34F3NO2/c1-2-34-27(33)17-22-10-15-26(25(16-22)23-11-13-24(14-12-23)28(29,30)31)32(19-21-8-9-21)18-20-6-4-3-5-7-20/h3-7,11-14,21-22,25-26H,2,8-10,15-19H2,1H3/t22-,25+,26-/m1/s1. The third kappa shape index (κ3) is 6.62. The Morgan fingerprint density at radius 1 is 0.971 bits per heavy atom. The van der Waals surface area contributed by atoms with Gasteiger partial charge in [-0.15, -0.1) is 0 Å². The third-order valence-electron chi connectivity index (χ3n) is 7.24. The van der Waals surface area contributed by atoms with Crippen LogP contribution in [0.5, 0.6) is 0 Å². The van der Waals surface area contributed by atoms with Crippen molar-refractivity contribution in [1.29, 1.82) is 0 Å². The van der Waals surface area contributed by atoms with Crippen LogP contribution in [-0.2, 0) is 22.3 Å². The van der Waals surface area contributed by atoms with Gasteiger partial charge in [-0.05, 0) is 80.0 Å². The molecule has 2 aromatic rings. The summed E-state index contributed by atoms with van der Waals surface area (Å²) in [4.78, 5) is 14.7. The summed E-state index contributed by atoms with van der Waals surface area (Å²) >= 11 is 0. The minimum absolute atomic E-state index is 0.0814. The highest BCUT2D eigenvalue weighted by Crippen LogP contribution is 2.43. The molecule has 0 N–H and O–H groups in total. The Morgan fingerprint density at radius 2 is 1.65 bits per heavy atom. The second-order valence-corrected chi connectivity index (χ2v) is 9.84. The van der Waals surface area contributed by atoms with Gasteiger partial charge in [0.2, 0.25) is 0 Å². The van der Waals surface area contributed by atoms with E-state index < -0.39 is 11.7 Å². The molecule has 184 valence electrons. The summed E-state index contributed by atoms with van der Waals surface area (Å²) in [5.41, 5.74) is 1.56. The lowest BCUT2D eigenvalue weighted by Gasteiger charge is -2.43. The summed E-state index contributed by atoms with van der Waals surface area (Å²) in [5.74, 6) is 0.783. The molecule has 6 heteroatoms. The Bertz CT molecular complexity index is 925. The molecule has 4 rings (SSSR count). The Morgan fingerprint density at radius 3 is 2.26 bits per heavy atom. The van der Waals surface area contributed by atoms with E-state index in [1.54, 1.807) is 19.1 Å². The van der Waals surface area contributed by atoms with E-state index in [0.29, 0.717) is 18.9 Å². The van der Waals surface area contributed by atoms with Gasteiger partial charge in [0.05, 0.1) is 12.2 Å². The van der Waals surface area contributed by atoms with E-state index in [1.807, 2.05) is 18.2 Å². The Labute approximate surface area is 200 Å². The SMILES string of the molecule is CCOC(=O)C[C@@H]1CC[C@@H](N(Cc2ccccc2)CC2CC2)[C@H](c2ccc(C(F)(F)F)cc2)C1. The monoisotopic (exact) mass is 473 g/mol. The summed E-state index contributed by atoms with van der Waals surface area (Å²) in [6.45, 7) is 4.02. The van der Waals surface area contributed by atoms with Gasteiger partial charge in [-0.1, -0.05) is 42.5 Å². The van der Waals surface area contributed by atoms with Gasteiger partial charge in [0.1, 0.15) is 0 Å². The van der Waals surface area contributed by atoms with Crippen molar-refractivity contribution in [3.63, 3.8) is 0 Å². The first-order valence-electron chi connectivity index (χ1n) is 12.4. The van der Waals surface area contributed by atoms with Crippen molar-refractivity contribution in [2.24, 2.45) is 11.8 Å². The fourth-order valence-corrected chi connectivity index (χ4v) is 5.36. The Balaban J connectivity index is 1.59. The summed E-state index contributed by atoms with van der Waals surface area (Å²) in [5, 5.41) is 0. The fourth-order valence-electron chi connectivity index (χ4n) is 5.36. The number of benzene rings is 2. The van der Waals surface area contributed by atoms with Crippen LogP contribution in [0.15, 0.2) is 54.6 Å². The summed E-state index contributed by atoms with van der Waals surface area (Å²) in [6, 6.07) is 16.3. The van der Waals surface area contributed by atoms with Crippen molar-refractivity contribution in [3.05, 3.63) is 71.3 Å². The molecular formula is C28H34F3NO2. The zero-order valence-electron chi connectivity index (χ0n) is 19.8. The highest BCUT2D eigenvalue weighted by molar-refractivity contribution is 5.69. The van der Waals surface area contributed by atoms with E-state index in [4.69, 9.17) is 4.74 Å². The van der Waals surface area contributed by atoms with Crippen LogP contribution >= 0.6 is 0 Å². The smallest absolute Gasteiger partial charge is 0.416 e.